The maximum Gasteiger partial charge on any atom is 0.435 e. The molecule has 1 aliphatic carbocycles. The zero-order chi connectivity index (χ0) is 20.6. The molecule has 1 aromatic heterocycles. The highest BCUT2D eigenvalue weighted by molar-refractivity contribution is 14.0. The fraction of sp³-hybridized carbons (Fsp3) is 0.789. The topological polar surface area (TPSA) is 63.5 Å². The molecule has 0 unspecified atom stereocenters. The lowest BCUT2D eigenvalue weighted by Crippen LogP contribution is -2.43. The molecule has 1 aliphatic rings. The van der Waals surface area contributed by atoms with E-state index in [2.05, 4.69) is 20.7 Å². The molecule has 1 heterocycles. The number of alkyl halides is 3. The molecule has 2 N–H and O–H groups in total. The molecular weight excluding hydrogens is 498 g/mol. The summed E-state index contributed by atoms with van der Waals surface area (Å²) in [6.45, 7) is 6.66. The van der Waals surface area contributed by atoms with Crippen LogP contribution in [0, 0.1) is 5.41 Å². The largest absolute Gasteiger partial charge is 0.435 e. The Morgan fingerprint density at radius 2 is 1.97 bits per heavy atom. The quantitative estimate of drug-likeness (QED) is 0.218. The molecule has 2 rings (SSSR count). The molecule has 0 aliphatic heterocycles. The molecule has 1 aromatic rings. The van der Waals surface area contributed by atoms with E-state index >= 15 is 0 Å². The minimum atomic E-state index is -4.48. The molecule has 0 aromatic carbocycles. The summed E-state index contributed by atoms with van der Waals surface area (Å²) in [5.74, 6) is 0.530. The SMILES string of the molecule is CCNC(=NCc1cn(C)nc1C(F)(F)F)NCC1(CCOCC)CCCC1.I. The van der Waals surface area contributed by atoms with Crippen molar-refractivity contribution in [3.63, 3.8) is 0 Å². The van der Waals surface area contributed by atoms with Gasteiger partial charge in [0.15, 0.2) is 11.7 Å². The second-order valence-electron chi connectivity index (χ2n) is 7.38. The van der Waals surface area contributed by atoms with Crippen LogP contribution in [0.25, 0.3) is 0 Å². The van der Waals surface area contributed by atoms with Crippen LogP contribution in [-0.4, -0.2) is 42.0 Å². The van der Waals surface area contributed by atoms with Crippen LogP contribution in [0.1, 0.15) is 57.2 Å². The molecule has 168 valence electrons. The molecule has 0 saturated heterocycles. The predicted octanol–water partition coefficient (Wildman–Crippen LogP) is 4.10. The lowest BCUT2D eigenvalue weighted by Gasteiger charge is -2.30. The summed E-state index contributed by atoms with van der Waals surface area (Å²) in [6.07, 6.45) is 2.54. The molecule has 1 fully saturated rings. The summed E-state index contributed by atoms with van der Waals surface area (Å²) >= 11 is 0. The van der Waals surface area contributed by atoms with Crippen LogP contribution >= 0.6 is 24.0 Å². The molecule has 0 amide bonds. The van der Waals surface area contributed by atoms with E-state index in [1.54, 1.807) is 0 Å². The first kappa shape index (κ1) is 26.0. The Balaban J connectivity index is 0.00000420. The van der Waals surface area contributed by atoms with Gasteiger partial charge in [-0.05, 0) is 38.5 Å². The third-order valence-electron chi connectivity index (χ3n) is 5.20. The molecule has 1 saturated carbocycles. The van der Waals surface area contributed by atoms with Crippen LogP contribution in [-0.2, 0) is 24.5 Å². The van der Waals surface area contributed by atoms with Crippen LogP contribution in [0.4, 0.5) is 13.2 Å². The maximum atomic E-state index is 13.1. The van der Waals surface area contributed by atoms with Crippen molar-refractivity contribution in [2.24, 2.45) is 17.5 Å². The van der Waals surface area contributed by atoms with E-state index in [1.165, 1.54) is 30.8 Å². The number of nitrogens with zero attached hydrogens (tertiary/aromatic N) is 3. The summed E-state index contributed by atoms with van der Waals surface area (Å²) in [4.78, 5) is 4.37. The Labute approximate surface area is 188 Å². The van der Waals surface area contributed by atoms with Gasteiger partial charge < -0.3 is 15.4 Å². The van der Waals surface area contributed by atoms with Gasteiger partial charge in [0.05, 0.1) is 6.54 Å². The van der Waals surface area contributed by atoms with E-state index in [0.717, 1.165) is 32.4 Å². The van der Waals surface area contributed by atoms with Crippen molar-refractivity contribution in [3.05, 3.63) is 17.5 Å². The highest BCUT2D eigenvalue weighted by Crippen LogP contribution is 2.40. The first-order valence-electron chi connectivity index (χ1n) is 9.99. The fourth-order valence-electron chi connectivity index (χ4n) is 3.74. The summed E-state index contributed by atoms with van der Waals surface area (Å²) in [7, 11) is 1.48. The number of hydrogen-bond acceptors (Lipinski definition) is 3. The van der Waals surface area contributed by atoms with E-state index in [0.29, 0.717) is 19.1 Å². The number of rotatable bonds is 9. The first-order chi connectivity index (χ1) is 13.3. The van der Waals surface area contributed by atoms with Gasteiger partial charge in [-0.15, -0.1) is 24.0 Å². The number of aliphatic imine (C=N–C) groups is 1. The van der Waals surface area contributed by atoms with E-state index in [9.17, 15) is 13.2 Å². The van der Waals surface area contributed by atoms with Gasteiger partial charge in [-0.2, -0.15) is 18.3 Å². The van der Waals surface area contributed by atoms with Gasteiger partial charge in [-0.1, -0.05) is 12.8 Å². The average molecular weight is 531 g/mol. The Kier molecular flexibility index (Phi) is 10.7. The zero-order valence-corrected chi connectivity index (χ0v) is 19.8. The Morgan fingerprint density at radius 3 is 2.55 bits per heavy atom. The lowest BCUT2D eigenvalue weighted by molar-refractivity contribution is -0.142. The number of aromatic nitrogens is 2. The van der Waals surface area contributed by atoms with Crippen LogP contribution < -0.4 is 10.6 Å². The van der Waals surface area contributed by atoms with Gasteiger partial charge in [0.2, 0.25) is 0 Å². The first-order valence-corrected chi connectivity index (χ1v) is 9.99. The third-order valence-corrected chi connectivity index (χ3v) is 5.20. The van der Waals surface area contributed by atoms with Crippen LogP contribution in [0.3, 0.4) is 0 Å². The monoisotopic (exact) mass is 531 g/mol. The van der Waals surface area contributed by atoms with Gasteiger partial charge >= 0.3 is 6.18 Å². The summed E-state index contributed by atoms with van der Waals surface area (Å²) in [5, 5.41) is 10.0. The van der Waals surface area contributed by atoms with Gasteiger partial charge in [0.25, 0.3) is 0 Å². The standard InChI is InChI=1S/C19H32F3N5O.HI/c1-4-23-17(24-12-15-13-27(3)26-16(15)19(20,21)22)25-14-18(8-6-7-9-18)10-11-28-5-2;/h13H,4-12,14H2,1-3H3,(H2,23,24,25);1H. The number of aryl methyl sites for hydroxylation is 1. The Hall–Kier alpha value is -1.04. The molecule has 6 nitrogen and oxygen atoms in total. The molecule has 10 heteroatoms. The van der Waals surface area contributed by atoms with Gasteiger partial charge in [-0.3, -0.25) is 4.68 Å². The molecular formula is C19H33F3IN5O. The smallest absolute Gasteiger partial charge is 0.382 e. The van der Waals surface area contributed by atoms with Crippen molar-refractivity contribution < 1.29 is 17.9 Å². The van der Waals surface area contributed by atoms with Crippen molar-refractivity contribution in [3.8, 4) is 0 Å². The molecule has 0 atom stereocenters. The van der Waals surface area contributed by atoms with Crippen molar-refractivity contribution in [2.45, 2.75) is 58.7 Å². The van der Waals surface area contributed by atoms with Crippen LogP contribution in [0.5, 0.6) is 0 Å². The van der Waals surface area contributed by atoms with E-state index in [1.807, 2.05) is 13.8 Å². The minimum absolute atomic E-state index is 0. The van der Waals surface area contributed by atoms with Crippen LogP contribution in [0.15, 0.2) is 11.2 Å². The normalized spacial score (nSPS) is 16.6. The highest BCUT2D eigenvalue weighted by Gasteiger charge is 2.37. The van der Waals surface area contributed by atoms with Gasteiger partial charge in [-0.25, -0.2) is 4.99 Å². The zero-order valence-electron chi connectivity index (χ0n) is 17.4. The van der Waals surface area contributed by atoms with E-state index < -0.39 is 11.9 Å². The van der Waals surface area contributed by atoms with Crippen molar-refractivity contribution >= 4 is 29.9 Å². The number of halogens is 4. The van der Waals surface area contributed by atoms with Crippen molar-refractivity contribution in [1.82, 2.24) is 20.4 Å². The summed E-state index contributed by atoms with van der Waals surface area (Å²) < 4.78 is 46.1. The second kappa shape index (κ2) is 12.0. The fourth-order valence-corrected chi connectivity index (χ4v) is 3.74. The molecule has 0 spiro atoms. The molecule has 0 bridgehead atoms. The van der Waals surface area contributed by atoms with Crippen molar-refractivity contribution in [2.75, 3.05) is 26.3 Å². The Bertz CT molecular complexity index is 642. The summed E-state index contributed by atoms with van der Waals surface area (Å²) in [6, 6.07) is 0. The van der Waals surface area contributed by atoms with Crippen LogP contribution in [0.2, 0.25) is 0 Å². The average Bonchev–Trinajstić information content (AvgIpc) is 3.24. The lowest BCUT2D eigenvalue weighted by atomic mass is 9.83. The number of hydrogen-bond donors (Lipinski definition) is 2. The molecule has 29 heavy (non-hydrogen) atoms. The molecule has 0 radical (unpaired) electrons. The van der Waals surface area contributed by atoms with Crippen molar-refractivity contribution in [1.29, 1.82) is 0 Å². The summed E-state index contributed by atoms with van der Waals surface area (Å²) in [5.41, 5.74) is -0.644. The van der Waals surface area contributed by atoms with Gasteiger partial charge in [0.1, 0.15) is 0 Å². The number of ether oxygens (including phenoxy) is 1. The number of nitrogens with one attached hydrogen (secondary N) is 2. The maximum absolute atomic E-state index is 13.1. The Morgan fingerprint density at radius 1 is 1.28 bits per heavy atom. The van der Waals surface area contributed by atoms with E-state index in [4.69, 9.17) is 4.74 Å². The van der Waals surface area contributed by atoms with E-state index in [-0.39, 0.29) is 41.5 Å². The third kappa shape index (κ3) is 7.95. The number of guanidine groups is 1. The highest BCUT2D eigenvalue weighted by atomic mass is 127. The minimum Gasteiger partial charge on any atom is -0.382 e. The van der Waals surface area contributed by atoms with Gasteiger partial charge in [0, 0.05) is 45.1 Å². The second-order valence-corrected chi connectivity index (χ2v) is 7.38. The predicted molar refractivity (Wildman–Crippen MR) is 118 cm³/mol.